The van der Waals surface area contributed by atoms with Crippen LogP contribution in [0.25, 0.3) is 23.4 Å². The molecule has 2 aromatic heterocycles. The normalized spacial score (nSPS) is 12.2. The van der Waals surface area contributed by atoms with E-state index >= 15 is 0 Å². The number of rotatable bonds is 7. The molecule has 0 saturated carbocycles. The molecule has 3 aromatic rings. The van der Waals surface area contributed by atoms with Crippen LogP contribution in [0.2, 0.25) is 0 Å². The molecule has 1 aliphatic carbocycles. The summed E-state index contributed by atoms with van der Waals surface area (Å²) >= 11 is 0. The lowest BCUT2D eigenvalue weighted by atomic mass is 10.1. The number of anilines is 1. The Kier molecular flexibility index (Phi) is 6.03. The number of ether oxygens (including phenoxy) is 2. The van der Waals surface area contributed by atoms with Crippen LogP contribution in [-0.4, -0.2) is 35.7 Å². The Morgan fingerprint density at radius 1 is 1.03 bits per heavy atom. The van der Waals surface area contributed by atoms with E-state index in [1.165, 1.54) is 5.56 Å². The Hall–Kier alpha value is -3.67. The molecule has 0 unspecified atom stereocenters. The number of allylic oxidation sites excluding steroid dienone is 2. The second-order valence-electron chi connectivity index (χ2n) is 6.88. The van der Waals surface area contributed by atoms with Gasteiger partial charge in [-0.3, -0.25) is 4.98 Å². The van der Waals surface area contributed by atoms with E-state index in [2.05, 4.69) is 62.8 Å². The van der Waals surface area contributed by atoms with Crippen LogP contribution < -0.4 is 25.4 Å². The van der Waals surface area contributed by atoms with Crippen molar-refractivity contribution in [3.63, 3.8) is 0 Å². The number of pyridine rings is 1. The molecule has 0 amide bonds. The largest absolute Gasteiger partial charge is 0.497 e. The van der Waals surface area contributed by atoms with Gasteiger partial charge < -0.3 is 14.8 Å². The van der Waals surface area contributed by atoms with Gasteiger partial charge in [0.1, 0.15) is 11.6 Å². The highest BCUT2D eigenvalue weighted by molar-refractivity contribution is 5.63. The minimum Gasteiger partial charge on any atom is -0.497 e. The van der Waals surface area contributed by atoms with E-state index in [1.54, 1.807) is 14.2 Å². The summed E-state index contributed by atoms with van der Waals surface area (Å²) in [5, 5.41) is 5.44. The third kappa shape index (κ3) is 4.66. The fourth-order valence-electron chi connectivity index (χ4n) is 3.25. The van der Waals surface area contributed by atoms with Gasteiger partial charge in [0.25, 0.3) is 0 Å². The molecule has 0 atom stereocenters. The molecule has 0 bridgehead atoms. The molecular weight excluding hydrogens is 376 g/mol. The Labute approximate surface area is 175 Å². The standard InChI is InChI=1S/C24H24N4O2/c1-29-20-10-8-17(9-11-20)12-13-25-23-15-22(27-24(28-23)30-2)19-14-18-6-4-3-5-7-21(18)26-16-19/h3-4,6-11,14-16H,5,12-13H2,1-2H3,(H,25,27,28). The van der Waals surface area contributed by atoms with E-state index in [-0.39, 0.29) is 0 Å². The second-order valence-corrected chi connectivity index (χ2v) is 6.88. The molecule has 0 radical (unpaired) electrons. The number of fused-ring (bicyclic) bond motifs is 1. The van der Waals surface area contributed by atoms with Crippen molar-refractivity contribution in [2.24, 2.45) is 0 Å². The van der Waals surface area contributed by atoms with Gasteiger partial charge in [-0.1, -0.05) is 36.4 Å². The maximum atomic E-state index is 5.32. The Bertz CT molecular complexity index is 1170. The molecule has 0 spiro atoms. The molecule has 2 heterocycles. The summed E-state index contributed by atoms with van der Waals surface area (Å²) in [7, 11) is 3.24. The zero-order valence-electron chi connectivity index (χ0n) is 17.1. The summed E-state index contributed by atoms with van der Waals surface area (Å²) in [5.41, 5.74) is 2.91. The fraction of sp³-hybridized carbons (Fsp3) is 0.208. The molecule has 152 valence electrons. The number of hydrogen-bond donors (Lipinski definition) is 1. The van der Waals surface area contributed by atoms with E-state index in [9.17, 15) is 0 Å². The molecule has 4 rings (SSSR count). The van der Waals surface area contributed by atoms with Crippen LogP contribution in [0.1, 0.15) is 12.0 Å². The number of benzene rings is 1. The molecule has 0 saturated heterocycles. The lowest BCUT2D eigenvalue weighted by molar-refractivity contribution is 0.381. The van der Waals surface area contributed by atoms with Gasteiger partial charge in [0, 0.05) is 29.6 Å². The molecule has 0 aliphatic heterocycles. The summed E-state index contributed by atoms with van der Waals surface area (Å²) in [5.74, 6) is 1.58. The smallest absolute Gasteiger partial charge is 0.318 e. The lowest BCUT2D eigenvalue weighted by Gasteiger charge is -2.10. The van der Waals surface area contributed by atoms with E-state index in [1.807, 2.05) is 24.4 Å². The quantitative estimate of drug-likeness (QED) is 0.658. The van der Waals surface area contributed by atoms with Crippen molar-refractivity contribution in [3.8, 4) is 23.0 Å². The van der Waals surface area contributed by atoms with Crippen molar-refractivity contribution in [1.29, 1.82) is 0 Å². The Balaban J connectivity index is 1.54. The van der Waals surface area contributed by atoms with Crippen LogP contribution in [0.4, 0.5) is 5.82 Å². The van der Waals surface area contributed by atoms with Crippen molar-refractivity contribution < 1.29 is 9.47 Å². The Morgan fingerprint density at radius 2 is 1.90 bits per heavy atom. The molecule has 0 fully saturated rings. The molecule has 1 aliphatic rings. The highest BCUT2D eigenvalue weighted by atomic mass is 16.5. The van der Waals surface area contributed by atoms with Gasteiger partial charge in [-0.05, 0) is 36.6 Å². The molecule has 1 N–H and O–H groups in total. The highest BCUT2D eigenvalue weighted by Gasteiger charge is 2.08. The van der Waals surface area contributed by atoms with Gasteiger partial charge >= 0.3 is 6.01 Å². The number of nitrogens with zero attached hydrogens (tertiary/aromatic N) is 3. The number of hydrogen-bond acceptors (Lipinski definition) is 6. The summed E-state index contributed by atoms with van der Waals surface area (Å²) in [6.45, 7) is 0.738. The van der Waals surface area contributed by atoms with Crippen molar-refractivity contribution in [3.05, 3.63) is 70.9 Å². The predicted octanol–water partition coefficient (Wildman–Crippen LogP) is 2.73. The zero-order valence-corrected chi connectivity index (χ0v) is 17.1. The summed E-state index contributed by atoms with van der Waals surface area (Å²) in [6, 6.07) is 12.4. The average molecular weight is 400 g/mol. The zero-order chi connectivity index (χ0) is 20.8. The Morgan fingerprint density at radius 3 is 2.70 bits per heavy atom. The predicted molar refractivity (Wildman–Crippen MR) is 119 cm³/mol. The first-order valence-electron chi connectivity index (χ1n) is 9.88. The summed E-state index contributed by atoms with van der Waals surface area (Å²) in [4.78, 5) is 13.5. The van der Waals surface area contributed by atoms with E-state index < -0.39 is 0 Å². The van der Waals surface area contributed by atoms with Crippen LogP contribution in [0, 0.1) is 0 Å². The minimum absolute atomic E-state index is 0.324. The van der Waals surface area contributed by atoms with Gasteiger partial charge in [-0.15, -0.1) is 0 Å². The third-order valence-corrected chi connectivity index (χ3v) is 4.87. The van der Waals surface area contributed by atoms with Gasteiger partial charge in [0.15, 0.2) is 0 Å². The first kappa shape index (κ1) is 19.6. The summed E-state index contributed by atoms with van der Waals surface area (Å²) in [6.07, 6.45) is 12.0. The topological polar surface area (TPSA) is 69.2 Å². The molecule has 6 nitrogen and oxygen atoms in total. The first-order valence-corrected chi connectivity index (χ1v) is 9.88. The average Bonchev–Trinajstić information content (AvgIpc) is 3.04. The SMILES string of the molecule is COc1ccc(CCNc2cc(-c3cnc4c(c3)=CC=CCC=4)nc(OC)n2)cc1. The number of nitrogens with one attached hydrogen (secondary N) is 1. The highest BCUT2D eigenvalue weighted by Crippen LogP contribution is 2.20. The maximum absolute atomic E-state index is 5.32. The monoisotopic (exact) mass is 400 g/mol. The maximum Gasteiger partial charge on any atom is 0.318 e. The van der Waals surface area contributed by atoms with Gasteiger partial charge in [0.2, 0.25) is 0 Å². The van der Waals surface area contributed by atoms with E-state index in [0.717, 1.165) is 52.8 Å². The van der Waals surface area contributed by atoms with Gasteiger partial charge in [-0.25, -0.2) is 0 Å². The summed E-state index contributed by atoms with van der Waals surface area (Å²) < 4.78 is 10.5. The van der Waals surface area contributed by atoms with Crippen molar-refractivity contribution >= 4 is 18.0 Å². The van der Waals surface area contributed by atoms with Crippen LogP contribution in [0.3, 0.4) is 0 Å². The van der Waals surface area contributed by atoms with Crippen LogP contribution in [-0.2, 0) is 6.42 Å². The van der Waals surface area contributed by atoms with Gasteiger partial charge in [-0.2, -0.15) is 9.97 Å². The van der Waals surface area contributed by atoms with Crippen LogP contribution in [0.5, 0.6) is 11.8 Å². The number of methoxy groups -OCH3 is 2. The first-order chi connectivity index (χ1) is 14.7. The van der Waals surface area contributed by atoms with Crippen molar-refractivity contribution in [1.82, 2.24) is 15.0 Å². The van der Waals surface area contributed by atoms with Crippen molar-refractivity contribution in [2.45, 2.75) is 12.8 Å². The van der Waals surface area contributed by atoms with Crippen molar-refractivity contribution in [2.75, 3.05) is 26.1 Å². The second kappa shape index (κ2) is 9.22. The number of aromatic nitrogens is 3. The third-order valence-electron chi connectivity index (χ3n) is 4.87. The molecular formula is C24H24N4O2. The molecule has 1 aromatic carbocycles. The van der Waals surface area contributed by atoms with E-state index in [0.29, 0.717) is 6.01 Å². The van der Waals surface area contributed by atoms with Crippen LogP contribution in [0.15, 0.2) is 54.7 Å². The van der Waals surface area contributed by atoms with Gasteiger partial charge in [0.05, 0.1) is 25.3 Å². The molecule has 6 heteroatoms. The minimum atomic E-state index is 0.324. The fourth-order valence-corrected chi connectivity index (χ4v) is 3.25. The van der Waals surface area contributed by atoms with E-state index in [4.69, 9.17) is 9.47 Å². The molecule has 30 heavy (non-hydrogen) atoms. The lowest BCUT2D eigenvalue weighted by Crippen LogP contribution is -2.27. The van der Waals surface area contributed by atoms with Crippen LogP contribution >= 0.6 is 0 Å².